The molecule has 2 aromatic rings. The first-order valence-electron chi connectivity index (χ1n) is 8.97. The molecule has 24 heavy (non-hydrogen) atoms. The van der Waals surface area contributed by atoms with Crippen molar-refractivity contribution in [1.29, 1.82) is 0 Å². The zero-order chi connectivity index (χ0) is 16.9. The summed E-state index contributed by atoms with van der Waals surface area (Å²) in [4.78, 5) is 9.07. The topological polar surface area (TPSA) is 47.0 Å². The van der Waals surface area contributed by atoms with E-state index in [1.807, 2.05) is 50.4 Å². The van der Waals surface area contributed by atoms with Crippen LogP contribution in [0.5, 0.6) is 5.75 Å². The zero-order valence-electron chi connectivity index (χ0n) is 14.8. The summed E-state index contributed by atoms with van der Waals surface area (Å²) in [5.41, 5.74) is 2.02. The molecule has 128 valence electrons. The summed E-state index contributed by atoms with van der Waals surface area (Å²) in [6.45, 7) is 6.39. The quantitative estimate of drug-likeness (QED) is 0.847. The maximum atomic E-state index is 5.69. The highest BCUT2D eigenvalue weighted by molar-refractivity contribution is 5.61. The molecule has 0 saturated heterocycles. The second-order valence-electron chi connectivity index (χ2n) is 7.06. The van der Waals surface area contributed by atoms with Crippen molar-refractivity contribution < 1.29 is 4.74 Å². The van der Waals surface area contributed by atoms with Crippen LogP contribution in [0.2, 0.25) is 0 Å². The van der Waals surface area contributed by atoms with Crippen molar-refractivity contribution in [3.63, 3.8) is 0 Å². The number of ether oxygens (including phenoxy) is 1. The minimum Gasteiger partial charge on any atom is -0.491 e. The molecule has 0 radical (unpaired) electrons. The number of nitrogens with one attached hydrogen (secondary N) is 1. The van der Waals surface area contributed by atoms with E-state index in [9.17, 15) is 0 Å². The Bertz CT molecular complexity index is 646. The van der Waals surface area contributed by atoms with Crippen LogP contribution in [0.4, 0.5) is 5.95 Å². The molecular weight excluding hydrogens is 298 g/mol. The molecule has 1 aliphatic carbocycles. The normalized spacial score (nSPS) is 20.8. The summed E-state index contributed by atoms with van der Waals surface area (Å²) in [7, 11) is 0. The van der Waals surface area contributed by atoms with E-state index in [2.05, 4.69) is 22.2 Å². The van der Waals surface area contributed by atoms with Crippen molar-refractivity contribution in [3.8, 4) is 17.0 Å². The van der Waals surface area contributed by atoms with E-state index < -0.39 is 0 Å². The van der Waals surface area contributed by atoms with Gasteiger partial charge in [0.05, 0.1) is 11.8 Å². The van der Waals surface area contributed by atoms with E-state index in [-0.39, 0.29) is 6.10 Å². The average Bonchev–Trinajstić information content (AvgIpc) is 2.57. The second-order valence-corrected chi connectivity index (χ2v) is 7.06. The Morgan fingerprint density at radius 1 is 1.04 bits per heavy atom. The van der Waals surface area contributed by atoms with Crippen molar-refractivity contribution >= 4 is 5.95 Å². The Kier molecular flexibility index (Phi) is 5.34. The fraction of sp³-hybridized carbons (Fsp3) is 0.500. The molecule has 3 rings (SSSR count). The van der Waals surface area contributed by atoms with Crippen molar-refractivity contribution in [2.45, 2.75) is 58.6 Å². The summed E-state index contributed by atoms with van der Waals surface area (Å²) < 4.78 is 5.69. The summed E-state index contributed by atoms with van der Waals surface area (Å²) in [5.74, 6) is 2.47. The highest BCUT2D eigenvalue weighted by Gasteiger charge is 2.18. The Labute approximate surface area is 144 Å². The lowest BCUT2D eigenvalue weighted by Crippen LogP contribution is -2.26. The molecule has 0 aliphatic heterocycles. The molecular formula is C20H27N3O. The minimum absolute atomic E-state index is 0.184. The van der Waals surface area contributed by atoms with Gasteiger partial charge in [-0.3, -0.25) is 0 Å². The Morgan fingerprint density at radius 2 is 1.75 bits per heavy atom. The fourth-order valence-corrected chi connectivity index (χ4v) is 3.15. The summed E-state index contributed by atoms with van der Waals surface area (Å²) >= 11 is 0. The number of nitrogens with zero attached hydrogens (tertiary/aromatic N) is 2. The van der Waals surface area contributed by atoms with Crippen LogP contribution < -0.4 is 10.1 Å². The van der Waals surface area contributed by atoms with E-state index in [4.69, 9.17) is 4.74 Å². The van der Waals surface area contributed by atoms with E-state index in [1.54, 1.807) is 0 Å². The van der Waals surface area contributed by atoms with Crippen LogP contribution in [-0.2, 0) is 0 Å². The van der Waals surface area contributed by atoms with Gasteiger partial charge in [-0.1, -0.05) is 6.92 Å². The standard InChI is InChI=1S/C20H27N3O/c1-14(2)24-18-10-6-16(7-11-18)19-12-13-21-20(23-19)22-17-8-4-15(3)5-9-17/h6-7,10-15,17H,4-5,8-9H2,1-3H3,(H,21,22,23). The van der Waals surface area contributed by atoms with E-state index in [0.29, 0.717) is 6.04 Å². The van der Waals surface area contributed by atoms with Gasteiger partial charge in [0.2, 0.25) is 5.95 Å². The third-order valence-electron chi connectivity index (χ3n) is 4.53. The van der Waals surface area contributed by atoms with Crippen LogP contribution in [0.3, 0.4) is 0 Å². The maximum absolute atomic E-state index is 5.69. The third kappa shape index (κ3) is 4.47. The Balaban J connectivity index is 1.68. The van der Waals surface area contributed by atoms with Crippen LogP contribution in [0.1, 0.15) is 46.5 Å². The van der Waals surface area contributed by atoms with Gasteiger partial charge in [-0.15, -0.1) is 0 Å². The zero-order valence-corrected chi connectivity index (χ0v) is 14.8. The summed E-state index contributed by atoms with van der Waals surface area (Å²) in [5, 5.41) is 3.50. The van der Waals surface area contributed by atoms with Gasteiger partial charge in [-0.05, 0) is 75.8 Å². The van der Waals surface area contributed by atoms with Gasteiger partial charge < -0.3 is 10.1 Å². The molecule has 1 heterocycles. The van der Waals surface area contributed by atoms with Gasteiger partial charge in [0.15, 0.2) is 0 Å². The molecule has 0 unspecified atom stereocenters. The monoisotopic (exact) mass is 325 g/mol. The van der Waals surface area contributed by atoms with Gasteiger partial charge in [-0.25, -0.2) is 9.97 Å². The highest BCUT2D eigenvalue weighted by atomic mass is 16.5. The molecule has 0 amide bonds. The van der Waals surface area contributed by atoms with Gasteiger partial charge in [0.1, 0.15) is 5.75 Å². The average molecular weight is 325 g/mol. The van der Waals surface area contributed by atoms with E-state index in [1.165, 1.54) is 25.7 Å². The lowest BCUT2D eigenvalue weighted by molar-refractivity contribution is 0.242. The number of rotatable bonds is 5. The lowest BCUT2D eigenvalue weighted by atomic mass is 9.87. The number of hydrogen-bond acceptors (Lipinski definition) is 4. The smallest absolute Gasteiger partial charge is 0.223 e. The summed E-state index contributed by atoms with van der Waals surface area (Å²) in [6.07, 6.45) is 6.99. The molecule has 4 heteroatoms. The first-order valence-corrected chi connectivity index (χ1v) is 8.97. The molecule has 1 aromatic heterocycles. The van der Waals surface area contributed by atoms with Crippen LogP contribution in [0.25, 0.3) is 11.3 Å². The van der Waals surface area contributed by atoms with Gasteiger partial charge in [-0.2, -0.15) is 0 Å². The van der Waals surface area contributed by atoms with Crippen molar-refractivity contribution in [2.75, 3.05) is 5.32 Å². The molecule has 0 bridgehead atoms. The van der Waals surface area contributed by atoms with Crippen LogP contribution in [0, 0.1) is 5.92 Å². The number of benzene rings is 1. The highest BCUT2D eigenvalue weighted by Crippen LogP contribution is 2.26. The summed E-state index contributed by atoms with van der Waals surface area (Å²) in [6, 6.07) is 10.5. The van der Waals surface area contributed by atoms with Gasteiger partial charge >= 0.3 is 0 Å². The largest absolute Gasteiger partial charge is 0.491 e. The fourth-order valence-electron chi connectivity index (χ4n) is 3.15. The first-order chi connectivity index (χ1) is 11.6. The van der Waals surface area contributed by atoms with Crippen LogP contribution in [0.15, 0.2) is 36.5 Å². The molecule has 1 saturated carbocycles. The molecule has 4 nitrogen and oxygen atoms in total. The van der Waals surface area contributed by atoms with Crippen molar-refractivity contribution in [3.05, 3.63) is 36.5 Å². The number of hydrogen-bond donors (Lipinski definition) is 1. The minimum atomic E-state index is 0.184. The molecule has 1 N–H and O–H groups in total. The van der Waals surface area contributed by atoms with Crippen LogP contribution in [-0.4, -0.2) is 22.1 Å². The second kappa shape index (κ2) is 7.65. The number of anilines is 1. The molecule has 0 spiro atoms. The van der Waals surface area contributed by atoms with E-state index in [0.717, 1.165) is 28.9 Å². The maximum Gasteiger partial charge on any atom is 0.223 e. The molecule has 0 atom stereocenters. The molecule has 1 fully saturated rings. The third-order valence-corrected chi connectivity index (χ3v) is 4.53. The van der Waals surface area contributed by atoms with Crippen LogP contribution >= 0.6 is 0 Å². The first kappa shape index (κ1) is 16.7. The Hall–Kier alpha value is -2.10. The van der Waals surface area contributed by atoms with E-state index >= 15 is 0 Å². The molecule has 1 aromatic carbocycles. The van der Waals surface area contributed by atoms with Gasteiger partial charge in [0.25, 0.3) is 0 Å². The predicted molar refractivity (Wildman–Crippen MR) is 98.3 cm³/mol. The lowest BCUT2D eigenvalue weighted by Gasteiger charge is -2.26. The SMILES string of the molecule is CC1CCC(Nc2nccc(-c3ccc(OC(C)C)cc3)n2)CC1. The molecule has 1 aliphatic rings. The Morgan fingerprint density at radius 3 is 2.42 bits per heavy atom. The van der Waals surface area contributed by atoms with Crippen molar-refractivity contribution in [2.24, 2.45) is 5.92 Å². The number of aromatic nitrogens is 2. The van der Waals surface area contributed by atoms with Crippen molar-refractivity contribution in [1.82, 2.24) is 9.97 Å². The predicted octanol–water partition coefficient (Wildman–Crippen LogP) is 4.92. The van der Waals surface area contributed by atoms with Gasteiger partial charge in [0, 0.05) is 17.8 Å².